The lowest BCUT2D eigenvalue weighted by Crippen LogP contribution is -2.14. The number of ether oxygens (including phenoxy) is 1. The second-order valence-electron chi connectivity index (χ2n) is 5.01. The molecular formula is C17H22N2O. The van der Waals surface area contributed by atoms with Gasteiger partial charge < -0.3 is 10.1 Å². The third kappa shape index (κ3) is 3.81. The average Bonchev–Trinajstić information content (AvgIpc) is 2.49. The predicted octanol–water partition coefficient (Wildman–Crippen LogP) is 3.29. The van der Waals surface area contributed by atoms with E-state index in [1.165, 1.54) is 16.7 Å². The number of nitrogens with zero attached hydrogens (tertiary/aromatic N) is 1. The van der Waals surface area contributed by atoms with Crippen LogP contribution in [0.25, 0.3) is 0 Å². The van der Waals surface area contributed by atoms with Crippen LogP contribution in [0.3, 0.4) is 0 Å². The highest BCUT2D eigenvalue weighted by Crippen LogP contribution is 2.26. The van der Waals surface area contributed by atoms with Crippen LogP contribution in [0.4, 0.5) is 0 Å². The maximum absolute atomic E-state index is 5.96. The van der Waals surface area contributed by atoms with Crippen molar-refractivity contribution in [2.75, 3.05) is 13.7 Å². The molecule has 0 aliphatic carbocycles. The fraction of sp³-hybridized carbons (Fsp3) is 0.353. The topological polar surface area (TPSA) is 34.1 Å². The van der Waals surface area contributed by atoms with Crippen LogP contribution in [0.2, 0.25) is 0 Å². The summed E-state index contributed by atoms with van der Waals surface area (Å²) in [7, 11) is 1.97. The minimum atomic E-state index is 0.283. The molecule has 2 rings (SSSR count). The summed E-state index contributed by atoms with van der Waals surface area (Å²) >= 11 is 0. The molecule has 106 valence electrons. The van der Waals surface area contributed by atoms with Crippen molar-refractivity contribution in [2.24, 2.45) is 0 Å². The van der Waals surface area contributed by atoms with Crippen molar-refractivity contribution >= 4 is 0 Å². The maximum atomic E-state index is 5.96. The Hall–Kier alpha value is -1.87. The van der Waals surface area contributed by atoms with Crippen molar-refractivity contribution in [1.82, 2.24) is 10.3 Å². The van der Waals surface area contributed by atoms with Gasteiger partial charge in [-0.25, -0.2) is 0 Å². The van der Waals surface area contributed by atoms with Gasteiger partial charge in [-0.05, 0) is 44.7 Å². The highest BCUT2D eigenvalue weighted by molar-refractivity contribution is 5.39. The van der Waals surface area contributed by atoms with Crippen LogP contribution in [-0.4, -0.2) is 18.6 Å². The van der Waals surface area contributed by atoms with Gasteiger partial charge >= 0.3 is 0 Å². The molecule has 0 fully saturated rings. The molecule has 0 aliphatic heterocycles. The zero-order chi connectivity index (χ0) is 14.4. The van der Waals surface area contributed by atoms with E-state index in [1.54, 1.807) is 0 Å². The summed E-state index contributed by atoms with van der Waals surface area (Å²) in [4.78, 5) is 4.02. The fourth-order valence-electron chi connectivity index (χ4n) is 2.12. The number of aryl methyl sites for hydroxylation is 1. The van der Waals surface area contributed by atoms with E-state index in [-0.39, 0.29) is 6.04 Å². The number of rotatable bonds is 6. The first-order valence-electron chi connectivity index (χ1n) is 7.00. The fourth-order valence-corrected chi connectivity index (χ4v) is 2.12. The molecule has 0 amide bonds. The van der Waals surface area contributed by atoms with Crippen molar-refractivity contribution in [3.05, 3.63) is 59.4 Å². The molecule has 0 spiro atoms. The smallest absolute Gasteiger partial charge is 0.124 e. The zero-order valence-corrected chi connectivity index (χ0v) is 12.4. The summed E-state index contributed by atoms with van der Waals surface area (Å²) in [5, 5.41) is 3.27. The molecule has 0 bridgehead atoms. The molecule has 1 atom stereocenters. The number of nitrogens with one attached hydrogen (secondary N) is 1. The number of aromatic nitrogens is 1. The van der Waals surface area contributed by atoms with Crippen molar-refractivity contribution in [3.8, 4) is 5.75 Å². The Morgan fingerprint density at radius 2 is 1.95 bits per heavy atom. The van der Waals surface area contributed by atoms with Crippen LogP contribution in [-0.2, 0) is 6.42 Å². The first-order valence-corrected chi connectivity index (χ1v) is 7.00. The Bertz CT molecular complexity index is 540. The highest BCUT2D eigenvalue weighted by atomic mass is 16.5. The molecule has 1 N–H and O–H groups in total. The third-order valence-electron chi connectivity index (χ3n) is 3.46. The quantitative estimate of drug-likeness (QED) is 0.874. The monoisotopic (exact) mass is 270 g/mol. The Kier molecular flexibility index (Phi) is 5.13. The Labute approximate surface area is 121 Å². The number of hydrogen-bond donors (Lipinski definition) is 1. The van der Waals surface area contributed by atoms with Crippen LogP contribution in [0, 0.1) is 6.92 Å². The van der Waals surface area contributed by atoms with Crippen LogP contribution in [0.1, 0.15) is 29.7 Å². The molecule has 3 heteroatoms. The van der Waals surface area contributed by atoms with E-state index >= 15 is 0 Å². The van der Waals surface area contributed by atoms with E-state index in [2.05, 4.69) is 42.3 Å². The van der Waals surface area contributed by atoms with Gasteiger partial charge in [-0.3, -0.25) is 4.98 Å². The van der Waals surface area contributed by atoms with Gasteiger partial charge in [0.25, 0.3) is 0 Å². The van der Waals surface area contributed by atoms with Crippen molar-refractivity contribution < 1.29 is 4.74 Å². The van der Waals surface area contributed by atoms with E-state index in [0.717, 1.165) is 12.2 Å². The summed E-state index contributed by atoms with van der Waals surface area (Å²) in [5.74, 6) is 0.964. The van der Waals surface area contributed by atoms with Crippen LogP contribution >= 0.6 is 0 Å². The molecule has 0 saturated carbocycles. The normalized spacial score (nSPS) is 12.2. The van der Waals surface area contributed by atoms with Crippen molar-refractivity contribution in [2.45, 2.75) is 26.3 Å². The first kappa shape index (κ1) is 14.5. The molecule has 3 nitrogen and oxygen atoms in total. The van der Waals surface area contributed by atoms with Crippen molar-refractivity contribution in [1.29, 1.82) is 0 Å². The molecule has 1 unspecified atom stereocenters. The number of hydrogen-bond acceptors (Lipinski definition) is 3. The van der Waals surface area contributed by atoms with Crippen molar-refractivity contribution in [3.63, 3.8) is 0 Å². The second kappa shape index (κ2) is 7.06. The zero-order valence-electron chi connectivity index (χ0n) is 12.4. The molecule has 1 heterocycles. The van der Waals surface area contributed by atoms with Crippen LogP contribution in [0.5, 0.6) is 5.75 Å². The van der Waals surface area contributed by atoms with Crippen LogP contribution < -0.4 is 10.1 Å². The molecule has 0 radical (unpaired) electrons. The summed E-state index contributed by atoms with van der Waals surface area (Å²) in [5.41, 5.74) is 3.71. The number of benzene rings is 1. The lowest BCUT2D eigenvalue weighted by atomic mass is 10.0. The summed E-state index contributed by atoms with van der Waals surface area (Å²) in [6.45, 7) is 4.92. The molecule has 0 aliphatic rings. The largest absolute Gasteiger partial charge is 0.493 e. The van der Waals surface area contributed by atoms with Gasteiger partial charge in [0.1, 0.15) is 5.75 Å². The first-order chi connectivity index (χ1) is 9.70. The minimum absolute atomic E-state index is 0.283. The molecule has 2 aromatic rings. The van der Waals surface area contributed by atoms with Gasteiger partial charge in [0.05, 0.1) is 6.61 Å². The SMILES string of the molecule is CNC(C)c1cc(C)ccc1OCCc1ccncc1. The molecule has 0 saturated heterocycles. The summed E-state index contributed by atoms with van der Waals surface area (Å²) < 4.78 is 5.96. The third-order valence-corrected chi connectivity index (χ3v) is 3.46. The minimum Gasteiger partial charge on any atom is -0.493 e. The van der Waals surface area contributed by atoms with Gasteiger partial charge in [-0.1, -0.05) is 17.7 Å². The molecule has 1 aromatic heterocycles. The standard InChI is InChI=1S/C17H22N2O/c1-13-4-5-17(16(12-13)14(2)18-3)20-11-8-15-6-9-19-10-7-15/h4-7,9-10,12,14,18H,8,11H2,1-3H3. The molecular weight excluding hydrogens is 248 g/mol. The van der Waals surface area contributed by atoms with E-state index in [4.69, 9.17) is 4.74 Å². The highest BCUT2D eigenvalue weighted by Gasteiger charge is 2.10. The van der Waals surface area contributed by atoms with Gasteiger partial charge in [-0.2, -0.15) is 0 Å². The summed E-state index contributed by atoms with van der Waals surface area (Å²) in [6.07, 6.45) is 4.52. The van der Waals surface area contributed by atoms with E-state index in [1.807, 2.05) is 31.6 Å². The van der Waals surface area contributed by atoms with Gasteiger partial charge in [0.15, 0.2) is 0 Å². The second-order valence-corrected chi connectivity index (χ2v) is 5.01. The van der Waals surface area contributed by atoms with Gasteiger partial charge in [0, 0.05) is 30.4 Å². The lowest BCUT2D eigenvalue weighted by Gasteiger charge is -2.17. The van der Waals surface area contributed by atoms with E-state index < -0.39 is 0 Å². The predicted molar refractivity (Wildman–Crippen MR) is 82.1 cm³/mol. The van der Waals surface area contributed by atoms with Gasteiger partial charge in [-0.15, -0.1) is 0 Å². The number of pyridine rings is 1. The Balaban J connectivity index is 2.02. The molecule has 1 aromatic carbocycles. The van der Waals surface area contributed by atoms with Crippen LogP contribution in [0.15, 0.2) is 42.7 Å². The lowest BCUT2D eigenvalue weighted by molar-refractivity contribution is 0.315. The Morgan fingerprint density at radius 3 is 2.65 bits per heavy atom. The van der Waals surface area contributed by atoms with Gasteiger partial charge in [0.2, 0.25) is 0 Å². The average molecular weight is 270 g/mol. The Morgan fingerprint density at radius 1 is 1.20 bits per heavy atom. The van der Waals surface area contributed by atoms with E-state index in [9.17, 15) is 0 Å². The van der Waals surface area contributed by atoms with E-state index in [0.29, 0.717) is 6.61 Å². The summed E-state index contributed by atoms with van der Waals surface area (Å²) in [6, 6.07) is 10.7. The molecule has 20 heavy (non-hydrogen) atoms. The maximum Gasteiger partial charge on any atom is 0.124 e.